The van der Waals surface area contributed by atoms with Crippen molar-refractivity contribution in [3.05, 3.63) is 41.2 Å². The Morgan fingerprint density at radius 3 is 2.53 bits per heavy atom. The fourth-order valence-corrected chi connectivity index (χ4v) is 2.00. The topological polar surface area (TPSA) is 37.0 Å². The SMILES string of the molecule is [C-]#[N+]c1ccc([C@@H]2CC=NN2C(=O)C(C)(C)C)cc1. The zero-order chi connectivity index (χ0) is 14.0. The van der Waals surface area contributed by atoms with E-state index < -0.39 is 5.41 Å². The molecule has 0 saturated heterocycles. The largest absolute Gasteiger partial charge is 0.272 e. The quantitative estimate of drug-likeness (QED) is 0.707. The standard InChI is InChI=1S/C15H17N3O/c1-15(2,3)14(19)18-13(9-10-17-18)11-5-7-12(16-4)8-6-11/h5-8,10,13H,9H2,1-3H3/t13-/m0/s1. The van der Waals surface area contributed by atoms with E-state index in [4.69, 9.17) is 6.57 Å². The summed E-state index contributed by atoms with van der Waals surface area (Å²) in [4.78, 5) is 15.7. The molecule has 1 aliphatic rings. The molecule has 19 heavy (non-hydrogen) atoms. The Balaban J connectivity index is 2.25. The van der Waals surface area contributed by atoms with Crippen LogP contribution in [0.3, 0.4) is 0 Å². The number of carbonyl (C=O) groups is 1. The van der Waals surface area contributed by atoms with Crippen molar-refractivity contribution in [2.45, 2.75) is 33.2 Å². The molecule has 4 heteroatoms. The normalized spacial score (nSPS) is 18.4. The van der Waals surface area contributed by atoms with Gasteiger partial charge in [0.15, 0.2) is 5.69 Å². The summed E-state index contributed by atoms with van der Waals surface area (Å²) in [6, 6.07) is 7.30. The molecule has 0 N–H and O–H groups in total. The predicted octanol–water partition coefficient (Wildman–Crippen LogP) is 3.54. The minimum atomic E-state index is -0.448. The van der Waals surface area contributed by atoms with E-state index in [1.165, 1.54) is 0 Å². The highest BCUT2D eigenvalue weighted by Crippen LogP contribution is 2.32. The van der Waals surface area contributed by atoms with Crippen LogP contribution in [-0.2, 0) is 4.79 Å². The lowest BCUT2D eigenvalue weighted by atomic mass is 9.93. The average Bonchev–Trinajstić information content (AvgIpc) is 2.85. The van der Waals surface area contributed by atoms with Gasteiger partial charge in [-0.05, 0) is 5.56 Å². The Morgan fingerprint density at radius 2 is 2.00 bits per heavy atom. The van der Waals surface area contributed by atoms with Crippen LogP contribution in [-0.4, -0.2) is 17.1 Å². The molecule has 1 heterocycles. The number of carbonyl (C=O) groups excluding carboxylic acids is 1. The molecule has 4 nitrogen and oxygen atoms in total. The Kier molecular flexibility index (Phi) is 3.39. The first-order valence-corrected chi connectivity index (χ1v) is 6.27. The van der Waals surface area contributed by atoms with Gasteiger partial charge in [-0.1, -0.05) is 45.0 Å². The number of hydrazone groups is 1. The highest BCUT2D eigenvalue weighted by atomic mass is 16.2. The molecule has 0 saturated carbocycles. The third-order valence-electron chi connectivity index (χ3n) is 3.09. The van der Waals surface area contributed by atoms with Crippen LogP contribution in [0.2, 0.25) is 0 Å². The zero-order valence-electron chi connectivity index (χ0n) is 11.4. The van der Waals surface area contributed by atoms with Gasteiger partial charge in [0.1, 0.15) is 0 Å². The van der Waals surface area contributed by atoms with E-state index in [0.717, 1.165) is 12.0 Å². The van der Waals surface area contributed by atoms with Crippen LogP contribution in [0.1, 0.15) is 38.8 Å². The molecule has 0 spiro atoms. The lowest BCUT2D eigenvalue weighted by Crippen LogP contribution is -2.36. The number of benzene rings is 1. The van der Waals surface area contributed by atoms with Gasteiger partial charge in [-0.15, -0.1) is 0 Å². The number of amides is 1. The number of rotatable bonds is 1. The molecule has 0 radical (unpaired) electrons. The van der Waals surface area contributed by atoms with Crippen molar-refractivity contribution in [2.75, 3.05) is 0 Å². The molecule has 0 fully saturated rings. The molecule has 0 aliphatic carbocycles. The molecule has 1 aromatic rings. The first-order chi connectivity index (χ1) is 8.93. The van der Waals surface area contributed by atoms with E-state index in [1.54, 1.807) is 23.4 Å². The van der Waals surface area contributed by atoms with Crippen molar-refractivity contribution in [2.24, 2.45) is 10.5 Å². The van der Waals surface area contributed by atoms with Crippen LogP contribution in [0.25, 0.3) is 4.85 Å². The fraction of sp³-hybridized carbons (Fsp3) is 0.400. The van der Waals surface area contributed by atoms with E-state index in [0.29, 0.717) is 5.69 Å². The molecule has 1 atom stereocenters. The Bertz CT molecular complexity index is 546. The van der Waals surface area contributed by atoms with Crippen LogP contribution < -0.4 is 0 Å². The van der Waals surface area contributed by atoms with Gasteiger partial charge in [0.2, 0.25) is 5.91 Å². The molecular weight excluding hydrogens is 238 g/mol. The van der Waals surface area contributed by atoms with Gasteiger partial charge in [0.25, 0.3) is 0 Å². The van der Waals surface area contributed by atoms with E-state index in [9.17, 15) is 4.79 Å². The van der Waals surface area contributed by atoms with Crippen molar-refractivity contribution in [1.82, 2.24) is 5.01 Å². The summed E-state index contributed by atoms with van der Waals surface area (Å²) in [6.45, 7) is 12.6. The third-order valence-corrected chi connectivity index (χ3v) is 3.09. The maximum absolute atomic E-state index is 12.3. The highest BCUT2D eigenvalue weighted by Gasteiger charge is 2.34. The van der Waals surface area contributed by atoms with Crippen molar-refractivity contribution in [1.29, 1.82) is 0 Å². The summed E-state index contributed by atoms with van der Waals surface area (Å²) in [5.74, 6) is 0.0144. The van der Waals surface area contributed by atoms with Crippen molar-refractivity contribution >= 4 is 17.8 Å². The first kappa shape index (κ1) is 13.3. The molecule has 0 bridgehead atoms. The molecule has 98 valence electrons. The highest BCUT2D eigenvalue weighted by molar-refractivity contribution is 5.84. The Labute approximate surface area is 113 Å². The lowest BCUT2D eigenvalue weighted by Gasteiger charge is -2.28. The van der Waals surface area contributed by atoms with Gasteiger partial charge in [-0.25, -0.2) is 9.85 Å². The van der Waals surface area contributed by atoms with Crippen LogP contribution >= 0.6 is 0 Å². The second kappa shape index (κ2) is 4.85. The summed E-state index contributed by atoms with van der Waals surface area (Å²) >= 11 is 0. The number of hydrogen-bond donors (Lipinski definition) is 0. The molecule has 0 aromatic heterocycles. The van der Waals surface area contributed by atoms with Crippen molar-refractivity contribution in [3.8, 4) is 0 Å². The van der Waals surface area contributed by atoms with Gasteiger partial charge in [0.05, 0.1) is 12.6 Å². The van der Waals surface area contributed by atoms with Crippen LogP contribution in [0, 0.1) is 12.0 Å². The third kappa shape index (κ3) is 2.65. The average molecular weight is 255 g/mol. The maximum atomic E-state index is 12.3. The minimum absolute atomic E-state index is 0.0144. The summed E-state index contributed by atoms with van der Waals surface area (Å²) < 4.78 is 0. The Morgan fingerprint density at radius 1 is 1.37 bits per heavy atom. The van der Waals surface area contributed by atoms with E-state index in [1.807, 2.05) is 32.9 Å². The second-order valence-corrected chi connectivity index (χ2v) is 5.65. The molecule has 1 aromatic carbocycles. The van der Waals surface area contributed by atoms with E-state index in [2.05, 4.69) is 9.95 Å². The van der Waals surface area contributed by atoms with Gasteiger partial charge in [-0.2, -0.15) is 5.10 Å². The summed E-state index contributed by atoms with van der Waals surface area (Å²) in [7, 11) is 0. The fourth-order valence-electron chi connectivity index (χ4n) is 2.00. The van der Waals surface area contributed by atoms with E-state index >= 15 is 0 Å². The smallest absolute Gasteiger partial charge is 0.248 e. The van der Waals surface area contributed by atoms with Crippen molar-refractivity contribution in [3.63, 3.8) is 0 Å². The van der Waals surface area contributed by atoms with E-state index in [-0.39, 0.29) is 11.9 Å². The Hall–Kier alpha value is -2.15. The number of hydrogen-bond acceptors (Lipinski definition) is 2. The summed E-state index contributed by atoms with van der Waals surface area (Å²) in [5, 5.41) is 5.76. The molecule has 0 unspecified atom stereocenters. The van der Waals surface area contributed by atoms with Crippen LogP contribution in [0.15, 0.2) is 29.4 Å². The molecule has 1 aliphatic heterocycles. The van der Waals surface area contributed by atoms with Gasteiger partial charge < -0.3 is 0 Å². The van der Waals surface area contributed by atoms with Crippen LogP contribution in [0.5, 0.6) is 0 Å². The van der Waals surface area contributed by atoms with Crippen molar-refractivity contribution < 1.29 is 4.79 Å². The zero-order valence-corrected chi connectivity index (χ0v) is 11.4. The second-order valence-electron chi connectivity index (χ2n) is 5.65. The van der Waals surface area contributed by atoms with Crippen LogP contribution in [0.4, 0.5) is 5.69 Å². The maximum Gasteiger partial charge on any atom is 0.248 e. The van der Waals surface area contributed by atoms with Gasteiger partial charge in [-0.3, -0.25) is 4.79 Å². The molecule has 2 rings (SSSR count). The lowest BCUT2D eigenvalue weighted by molar-refractivity contribution is -0.141. The minimum Gasteiger partial charge on any atom is -0.272 e. The van der Waals surface area contributed by atoms with Gasteiger partial charge in [0, 0.05) is 18.1 Å². The predicted molar refractivity (Wildman–Crippen MR) is 74.9 cm³/mol. The van der Waals surface area contributed by atoms with Gasteiger partial charge >= 0.3 is 0 Å². The first-order valence-electron chi connectivity index (χ1n) is 6.27. The molecule has 1 amide bonds. The molecular formula is C15H17N3O. The number of nitrogens with zero attached hydrogens (tertiary/aromatic N) is 3. The summed E-state index contributed by atoms with van der Waals surface area (Å²) in [6.07, 6.45) is 2.50. The summed E-state index contributed by atoms with van der Waals surface area (Å²) in [5.41, 5.74) is 1.18. The monoisotopic (exact) mass is 255 g/mol.